The van der Waals surface area contributed by atoms with Crippen molar-refractivity contribution in [2.24, 2.45) is 0 Å². The van der Waals surface area contributed by atoms with E-state index in [1.165, 1.54) is 90.1 Å². The molecular weight excluding hydrogens is 705 g/mol. The van der Waals surface area contributed by atoms with Gasteiger partial charge in [0.05, 0.1) is 21.4 Å². The second-order valence-corrected chi connectivity index (χ2v) is 16.4. The van der Waals surface area contributed by atoms with Gasteiger partial charge in [-0.15, -0.1) is 22.7 Å². The lowest BCUT2D eigenvalue weighted by Crippen LogP contribution is -1.93. The van der Waals surface area contributed by atoms with Crippen molar-refractivity contribution < 1.29 is 0 Å². The van der Waals surface area contributed by atoms with Crippen molar-refractivity contribution in [3.05, 3.63) is 182 Å². The van der Waals surface area contributed by atoms with Gasteiger partial charge in [0, 0.05) is 35.6 Å². The number of aromatic nitrogens is 2. The van der Waals surface area contributed by atoms with Crippen LogP contribution in [-0.2, 0) is 0 Å². The molecule has 0 amide bonds. The Morgan fingerprint density at radius 1 is 0.364 bits per heavy atom. The standard InChI is InChI=1S/C51H30N2S2/c1-2-11-39-36(29-28-35(38(39)10-1)31-20-22-33(23-21-31)37-14-9-15-42-40-12-3-7-18-47(40)54-49(37)42)32-24-26-34(27-25-32)46-30-43-41-13-4-8-19-48(41)55-50(43)51-52-44-16-5-6-17-45(44)53(46)51/h1-30H. The highest BCUT2D eigenvalue weighted by molar-refractivity contribution is 7.26. The number of benzene rings is 8. The fraction of sp³-hybridized carbons (Fsp3) is 0. The number of imidazole rings is 1. The highest BCUT2D eigenvalue weighted by Crippen LogP contribution is 2.43. The number of nitrogens with zero attached hydrogens (tertiary/aromatic N) is 2. The van der Waals surface area contributed by atoms with Gasteiger partial charge >= 0.3 is 0 Å². The average Bonchev–Trinajstić information content (AvgIpc) is 3.95. The zero-order chi connectivity index (χ0) is 36.0. The predicted octanol–water partition coefficient (Wildman–Crippen LogP) is 15.0. The second-order valence-electron chi connectivity index (χ2n) is 14.3. The summed E-state index contributed by atoms with van der Waals surface area (Å²) in [5.41, 5.74) is 12.9. The Labute approximate surface area is 324 Å². The predicted molar refractivity (Wildman–Crippen MR) is 238 cm³/mol. The van der Waals surface area contributed by atoms with Crippen LogP contribution < -0.4 is 0 Å². The topological polar surface area (TPSA) is 17.3 Å². The summed E-state index contributed by atoms with van der Waals surface area (Å²) in [5, 5.41) is 7.71. The summed E-state index contributed by atoms with van der Waals surface area (Å²) in [6.07, 6.45) is 0. The Morgan fingerprint density at radius 2 is 0.873 bits per heavy atom. The maximum Gasteiger partial charge on any atom is 0.156 e. The normalized spacial score (nSPS) is 12.0. The minimum Gasteiger partial charge on any atom is -0.291 e. The van der Waals surface area contributed by atoms with E-state index in [0.29, 0.717) is 0 Å². The first-order valence-electron chi connectivity index (χ1n) is 18.6. The molecule has 55 heavy (non-hydrogen) atoms. The van der Waals surface area contributed by atoms with Crippen LogP contribution in [0.2, 0.25) is 0 Å². The van der Waals surface area contributed by atoms with Gasteiger partial charge in [0.25, 0.3) is 0 Å². The first-order chi connectivity index (χ1) is 27.3. The van der Waals surface area contributed by atoms with Gasteiger partial charge in [-0.2, -0.15) is 0 Å². The minimum atomic E-state index is 1.01. The van der Waals surface area contributed by atoms with Crippen LogP contribution in [0.1, 0.15) is 0 Å². The molecule has 0 aliphatic carbocycles. The molecule has 0 N–H and O–H groups in total. The van der Waals surface area contributed by atoms with E-state index in [-0.39, 0.29) is 0 Å². The van der Waals surface area contributed by atoms with E-state index in [4.69, 9.17) is 4.98 Å². The molecule has 4 aromatic heterocycles. The number of hydrogen-bond acceptors (Lipinski definition) is 3. The fourth-order valence-electron chi connectivity index (χ4n) is 8.64. The Kier molecular flexibility index (Phi) is 6.70. The molecule has 8 aromatic carbocycles. The summed E-state index contributed by atoms with van der Waals surface area (Å²) in [4.78, 5) is 5.17. The summed E-state index contributed by atoms with van der Waals surface area (Å²) in [6, 6.07) is 66.6. The zero-order valence-corrected chi connectivity index (χ0v) is 31.2. The first-order valence-corrected chi connectivity index (χ1v) is 20.3. The average molecular weight is 735 g/mol. The first kappa shape index (κ1) is 30.8. The van der Waals surface area contributed by atoms with Gasteiger partial charge in [-0.25, -0.2) is 4.98 Å². The number of rotatable bonds is 4. The van der Waals surface area contributed by atoms with Gasteiger partial charge in [-0.1, -0.05) is 152 Å². The van der Waals surface area contributed by atoms with Crippen LogP contribution >= 0.6 is 22.7 Å². The third kappa shape index (κ3) is 4.69. The van der Waals surface area contributed by atoms with Crippen LogP contribution in [0.3, 0.4) is 0 Å². The molecule has 12 aromatic rings. The van der Waals surface area contributed by atoms with Crippen LogP contribution in [0.25, 0.3) is 112 Å². The molecule has 0 aliphatic heterocycles. The lowest BCUT2D eigenvalue weighted by atomic mass is 9.91. The van der Waals surface area contributed by atoms with E-state index in [1.807, 2.05) is 22.7 Å². The lowest BCUT2D eigenvalue weighted by Gasteiger charge is -2.14. The molecule has 256 valence electrons. The van der Waals surface area contributed by atoms with Crippen LogP contribution in [0, 0.1) is 0 Å². The number of thiophene rings is 2. The largest absolute Gasteiger partial charge is 0.291 e. The van der Waals surface area contributed by atoms with E-state index in [9.17, 15) is 0 Å². The summed E-state index contributed by atoms with van der Waals surface area (Å²) >= 11 is 3.71. The summed E-state index contributed by atoms with van der Waals surface area (Å²) in [7, 11) is 0. The minimum absolute atomic E-state index is 1.01. The van der Waals surface area contributed by atoms with Crippen LogP contribution in [0.4, 0.5) is 0 Å². The van der Waals surface area contributed by atoms with Crippen LogP contribution in [0.15, 0.2) is 182 Å². The fourth-order valence-corrected chi connectivity index (χ4v) is 11.0. The zero-order valence-electron chi connectivity index (χ0n) is 29.5. The van der Waals surface area contributed by atoms with Gasteiger partial charge < -0.3 is 0 Å². The molecule has 4 heterocycles. The molecule has 0 saturated heterocycles. The van der Waals surface area contributed by atoms with Crippen molar-refractivity contribution in [1.29, 1.82) is 0 Å². The number of fused-ring (bicyclic) bond motifs is 11. The highest BCUT2D eigenvalue weighted by Gasteiger charge is 2.18. The van der Waals surface area contributed by atoms with E-state index in [2.05, 4.69) is 186 Å². The van der Waals surface area contributed by atoms with Gasteiger partial charge in [-0.3, -0.25) is 4.40 Å². The third-order valence-corrected chi connectivity index (χ3v) is 13.6. The smallest absolute Gasteiger partial charge is 0.156 e. The third-order valence-electron chi connectivity index (χ3n) is 11.2. The van der Waals surface area contributed by atoms with Crippen molar-refractivity contribution in [3.63, 3.8) is 0 Å². The number of pyridine rings is 1. The molecule has 0 fully saturated rings. The molecular formula is C51H30N2S2. The van der Waals surface area contributed by atoms with Crippen molar-refractivity contribution in [3.8, 4) is 44.6 Å². The Bertz CT molecular complexity index is 3470. The molecule has 0 unspecified atom stereocenters. The molecule has 0 saturated carbocycles. The van der Waals surface area contributed by atoms with Crippen LogP contribution in [0.5, 0.6) is 0 Å². The summed E-state index contributed by atoms with van der Waals surface area (Å²) < 4.78 is 7.55. The van der Waals surface area contributed by atoms with Gasteiger partial charge in [0.1, 0.15) is 0 Å². The Morgan fingerprint density at radius 3 is 1.55 bits per heavy atom. The van der Waals surface area contributed by atoms with E-state index >= 15 is 0 Å². The molecule has 12 rings (SSSR count). The van der Waals surface area contributed by atoms with Crippen molar-refractivity contribution >= 4 is 90.5 Å². The van der Waals surface area contributed by atoms with Crippen molar-refractivity contribution in [2.45, 2.75) is 0 Å². The maximum absolute atomic E-state index is 5.17. The van der Waals surface area contributed by atoms with E-state index in [1.54, 1.807) is 0 Å². The maximum atomic E-state index is 5.17. The Hall–Kier alpha value is -6.59. The van der Waals surface area contributed by atoms with Crippen molar-refractivity contribution in [2.75, 3.05) is 0 Å². The molecule has 0 aliphatic rings. The number of hydrogen-bond donors (Lipinski definition) is 0. The SMILES string of the molecule is c1ccc2c(c1)nc1c3sc4ccccc4c3cc(-c3ccc(-c4ccc(-c5ccc(-c6cccc7c6sc6ccccc67)cc5)c5ccccc45)cc3)n21. The number of para-hydroxylation sites is 2. The molecule has 0 radical (unpaired) electrons. The van der Waals surface area contributed by atoms with Crippen LogP contribution in [-0.4, -0.2) is 9.38 Å². The van der Waals surface area contributed by atoms with Gasteiger partial charge in [0.2, 0.25) is 0 Å². The lowest BCUT2D eigenvalue weighted by molar-refractivity contribution is 1.25. The molecule has 0 atom stereocenters. The molecule has 4 heteroatoms. The van der Waals surface area contributed by atoms with Gasteiger partial charge in [-0.05, 0) is 80.0 Å². The van der Waals surface area contributed by atoms with Crippen molar-refractivity contribution in [1.82, 2.24) is 9.38 Å². The molecule has 0 spiro atoms. The summed E-state index contributed by atoms with van der Waals surface area (Å²) in [5.74, 6) is 0. The monoisotopic (exact) mass is 734 g/mol. The quantitative estimate of drug-likeness (QED) is 0.176. The van der Waals surface area contributed by atoms with E-state index in [0.717, 1.165) is 22.4 Å². The molecule has 2 nitrogen and oxygen atoms in total. The Balaban J connectivity index is 0.943. The molecule has 0 bridgehead atoms. The van der Waals surface area contributed by atoms with Gasteiger partial charge in [0.15, 0.2) is 5.65 Å². The highest BCUT2D eigenvalue weighted by atomic mass is 32.1. The van der Waals surface area contributed by atoms with E-state index < -0.39 is 0 Å². The second kappa shape index (κ2) is 12.0. The summed E-state index contributed by atoms with van der Waals surface area (Å²) in [6.45, 7) is 0.